The predicted molar refractivity (Wildman–Crippen MR) is 83.2 cm³/mol. The summed E-state index contributed by atoms with van der Waals surface area (Å²) in [5.41, 5.74) is 9.36. The molecule has 0 heterocycles. The number of methoxy groups -OCH3 is 1. The van der Waals surface area contributed by atoms with Gasteiger partial charge >= 0.3 is 0 Å². The fraction of sp³-hybridized carbons (Fsp3) is 0.429. The highest BCUT2D eigenvalue weighted by Gasteiger charge is 2.12. The standard InChI is InChI=1S/C14H19BrClNO2/c1-9(7-16)8-19-14-12(15)5-11(4-10(2)17)6-13(14)18-3/h5-7,10H,4,8,17H2,1-3H3/b9-7+. The zero-order valence-electron chi connectivity index (χ0n) is 11.4. The van der Waals surface area contributed by atoms with E-state index in [9.17, 15) is 0 Å². The van der Waals surface area contributed by atoms with Gasteiger partial charge in [0.2, 0.25) is 0 Å². The normalized spacial score (nSPS) is 13.3. The summed E-state index contributed by atoms with van der Waals surface area (Å²) in [6, 6.07) is 4.05. The Morgan fingerprint density at radius 1 is 1.53 bits per heavy atom. The van der Waals surface area contributed by atoms with Crippen LogP contribution in [0.5, 0.6) is 11.5 Å². The third kappa shape index (κ3) is 5.05. The maximum atomic E-state index is 5.81. The van der Waals surface area contributed by atoms with E-state index in [1.807, 2.05) is 26.0 Å². The molecule has 0 amide bonds. The number of hydrogen-bond acceptors (Lipinski definition) is 3. The van der Waals surface area contributed by atoms with E-state index in [0.717, 1.165) is 22.0 Å². The molecule has 0 saturated carbocycles. The van der Waals surface area contributed by atoms with Crippen molar-refractivity contribution >= 4 is 27.5 Å². The van der Waals surface area contributed by atoms with E-state index >= 15 is 0 Å². The molecule has 0 aromatic heterocycles. The molecular formula is C14H19BrClNO2. The molecule has 0 radical (unpaired) electrons. The molecule has 5 heteroatoms. The lowest BCUT2D eigenvalue weighted by atomic mass is 10.1. The van der Waals surface area contributed by atoms with Crippen LogP contribution < -0.4 is 15.2 Å². The highest BCUT2D eigenvalue weighted by molar-refractivity contribution is 9.10. The van der Waals surface area contributed by atoms with Crippen molar-refractivity contribution in [3.63, 3.8) is 0 Å². The van der Waals surface area contributed by atoms with E-state index in [1.54, 1.807) is 7.11 Å². The Balaban J connectivity index is 2.97. The lowest BCUT2D eigenvalue weighted by Gasteiger charge is -2.15. The molecule has 19 heavy (non-hydrogen) atoms. The quantitative estimate of drug-likeness (QED) is 0.849. The number of hydrogen-bond donors (Lipinski definition) is 1. The molecule has 1 rings (SSSR count). The summed E-state index contributed by atoms with van der Waals surface area (Å²) in [7, 11) is 1.62. The van der Waals surface area contributed by atoms with Gasteiger partial charge in [-0.1, -0.05) is 11.6 Å². The van der Waals surface area contributed by atoms with Crippen LogP contribution in [0.15, 0.2) is 27.7 Å². The van der Waals surface area contributed by atoms with Crippen LogP contribution in [0.2, 0.25) is 0 Å². The predicted octanol–water partition coefficient (Wildman–Crippen LogP) is 3.87. The van der Waals surface area contributed by atoms with Crippen LogP contribution in [0, 0.1) is 0 Å². The maximum Gasteiger partial charge on any atom is 0.175 e. The Hall–Kier alpha value is -0.710. The zero-order valence-corrected chi connectivity index (χ0v) is 13.7. The largest absolute Gasteiger partial charge is 0.493 e. The van der Waals surface area contributed by atoms with Crippen LogP contribution in [0.4, 0.5) is 0 Å². The highest BCUT2D eigenvalue weighted by atomic mass is 79.9. The van der Waals surface area contributed by atoms with Gasteiger partial charge in [0.1, 0.15) is 6.61 Å². The molecule has 0 saturated heterocycles. The summed E-state index contributed by atoms with van der Waals surface area (Å²) in [5.74, 6) is 1.36. The average molecular weight is 349 g/mol. The van der Waals surface area contributed by atoms with E-state index in [1.165, 1.54) is 5.54 Å². The summed E-state index contributed by atoms with van der Waals surface area (Å²) in [5, 5.41) is 0. The molecule has 0 aliphatic heterocycles. The molecule has 0 aliphatic rings. The van der Waals surface area contributed by atoms with Gasteiger partial charge in [-0.05, 0) is 59.5 Å². The number of ether oxygens (including phenoxy) is 2. The summed E-state index contributed by atoms with van der Waals surface area (Å²) >= 11 is 9.12. The molecule has 0 fully saturated rings. The van der Waals surface area contributed by atoms with Gasteiger partial charge in [-0.3, -0.25) is 0 Å². The van der Waals surface area contributed by atoms with E-state index in [4.69, 9.17) is 26.8 Å². The lowest BCUT2D eigenvalue weighted by molar-refractivity contribution is 0.317. The van der Waals surface area contributed by atoms with Crippen LogP contribution in [0.25, 0.3) is 0 Å². The van der Waals surface area contributed by atoms with Crippen LogP contribution in [-0.2, 0) is 6.42 Å². The first-order valence-corrected chi connectivity index (χ1v) is 7.21. The van der Waals surface area contributed by atoms with Crippen molar-refractivity contribution in [1.82, 2.24) is 0 Å². The van der Waals surface area contributed by atoms with Crippen molar-refractivity contribution in [1.29, 1.82) is 0 Å². The molecule has 1 aromatic carbocycles. The van der Waals surface area contributed by atoms with Crippen molar-refractivity contribution in [3.05, 3.63) is 33.3 Å². The van der Waals surface area contributed by atoms with Crippen LogP contribution >= 0.6 is 27.5 Å². The zero-order chi connectivity index (χ0) is 14.4. The Morgan fingerprint density at radius 2 is 2.21 bits per heavy atom. The average Bonchev–Trinajstić information content (AvgIpc) is 2.35. The first kappa shape index (κ1) is 16.3. The van der Waals surface area contributed by atoms with Gasteiger partial charge in [-0.2, -0.15) is 0 Å². The van der Waals surface area contributed by atoms with Crippen LogP contribution in [0.1, 0.15) is 19.4 Å². The second-order valence-electron chi connectivity index (χ2n) is 4.53. The number of rotatable bonds is 6. The van der Waals surface area contributed by atoms with Crippen molar-refractivity contribution in [2.24, 2.45) is 5.73 Å². The van der Waals surface area contributed by atoms with Gasteiger partial charge in [0.05, 0.1) is 11.6 Å². The van der Waals surface area contributed by atoms with E-state index in [2.05, 4.69) is 15.9 Å². The number of benzene rings is 1. The molecule has 1 atom stereocenters. The topological polar surface area (TPSA) is 44.5 Å². The van der Waals surface area contributed by atoms with E-state index in [-0.39, 0.29) is 6.04 Å². The smallest absolute Gasteiger partial charge is 0.175 e. The molecule has 0 spiro atoms. The van der Waals surface area contributed by atoms with Crippen molar-refractivity contribution in [2.75, 3.05) is 13.7 Å². The van der Waals surface area contributed by atoms with Crippen molar-refractivity contribution in [2.45, 2.75) is 26.3 Å². The summed E-state index contributed by atoms with van der Waals surface area (Å²) in [6.45, 7) is 4.29. The van der Waals surface area contributed by atoms with Crippen molar-refractivity contribution in [3.8, 4) is 11.5 Å². The minimum atomic E-state index is 0.102. The second kappa shape index (κ2) is 7.78. The molecule has 2 N–H and O–H groups in total. The van der Waals surface area contributed by atoms with Gasteiger partial charge in [0, 0.05) is 11.6 Å². The first-order valence-electron chi connectivity index (χ1n) is 5.98. The lowest BCUT2D eigenvalue weighted by Crippen LogP contribution is -2.17. The molecule has 1 aromatic rings. The fourth-order valence-electron chi connectivity index (χ4n) is 1.62. The molecule has 3 nitrogen and oxygen atoms in total. The Morgan fingerprint density at radius 3 is 2.74 bits per heavy atom. The summed E-state index contributed by atoms with van der Waals surface area (Å²) in [6.07, 6.45) is 0.788. The SMILES string of the molecule is COc1cc(CC(C)N)cc(Br)c1OC/C(C)=C/Cl. The molecular weight excluding hydrogens is 330 g/mol. The summed E-state index contributed by atoms with van der Waals surface area (Å²) < 4.78 is 11.9. The summed E-state index contributed by atoms with van der Waals surface area (Å²) in [4.78, 5) is 0. The Labute approximate surface area is 127 Å². The monoisotopic (exact) mass is 347 g/mol. The Kier molecular flexibility index (Phi) is 6.69. The van der Waals surface area contributed by atoms with Gasteiger partial charge in [0.25, 0.3) is 0 Å². The van der Waals surface area contributed by atoms with Gasteiger partial charge in [0.15, 0.2) is 11.5 Å². The maximum absolute atomic E-state index is 5.81. The Bertz CT molecular complexity index is 461. The van der Waals surface area contributed by atoms with Gasteiger partial charge in [-0.15, -0.1) is 0 Å². The second-order valence-corrected chi connectivity index (χ2v) is 5.61. The minimum absolute atomic E-state index is 0.102. The fourth-order valence-corrected chi connectivity index (χ4v) is 2.29. The third-order valence-electron chi connectivity index (χ3n) is 2.48. The molecule has 1 unspecified atom stereocenters. The van der Waals surface area contributed by atoms with E-state index in [0.29, 0.717) is 18.1 Å². The molecule has 106 valence electrons. The number of nitrogens with two attached hydrogens (primary N) is 1. The van der Waals surface area contributed by atoms with Crippen molar-refractivity contribution < 1.29 is 9.47 Å². The minimum Gasteiger partial charge on any atom is -0.493 e. The van der Waals surface area contributed by atoms with Crippen LogP contribution in [-0.4, -0.2) is 19.8 Å². The highest BCUT2D eigenvalue weighted by Crippen LogP contribution is 2.37. The number of halogens is 2. The molecule has 0 bridgehead atoms. The van der Waals surface area contributed by atoms with Gasteiger partial charge < -0.3 is 15.2 Å². The van der Waals surface area contributed by atoms with Crippen LogP contribution in [0.3, 0.4) is 0 Å². The first-order chi connectivity index (χ1) is 8.97. The van der Waals surface area contributed by atoms with Gasteiger partial charge in [-0.25, -0.2) is 0 Å². The molecule has 0 aliphatic carbocycles. The third-order valence-corrected chi connectivity index (χ3v) is 3.44. The van der Waals surface area contributed by atoms with E-state index < -0.39 is 0 Å².